The summed E-state index contributed by atoms with van der Waals surface area (Å²) >= 11 is 0. The van der Waals surface area contributed by atoms with Crippen molar-refractivity contribution in [3.05, 3.63) is 18.5 Å². The smallest absolute Gasteiger partial charge is 0.320 e. The molecule has 3 rings (SSSR count). The molecule has 1 aliphatic carbocycles. The summed E-state index contributed by atoms with van der Waals surface area (Å²) in [5.41, 5.74) is 1.44. The van der Waals surface area contributed by atoms with Gasteiger partial charge in [-0.1, -0.05) is 6.42 Å². The number of amides is 2. The maximum absolute atomic E-state index is 12.1. The van der Waals surface area contributed by atoms with E-state index in [1.54, 1.807) is 19.5 Å². The zero-order chi connectivity index (χ0) is 15.4. The van der Waals surface area contributed by atoms with Crippen molar-refractivity contribution < 1.29 is 9.53 Å². The number of ether oxygens (including phenoxy) is 1. The molecule has 7 nitrogen and oxygen atoms in total. The first-order valence-corrected chi connectivity index (χ1v) is 7.61. The number of aromatic amines is 1. The molecule has 22 heavy (non-hydrogen) atoms. The van der Waals surface area contributed by atoms with Gasteiger partial charge in [-0.3, -0.25) is 5.32 Å². The highest BCUT2D eigenvalue weighted by atomic mass is 16.5. The summed E-state index contributed by atoms with van der Waals surface area (Å²) in [6, 6.07) is 1.78. The van der Waals surface area contributed by atoms with Crippen molar-refractivity contribution in [2.24, 2.45) is 5.92 Å². The predicted octanol–water partition coefficient (Wildman–Crippen LogP) is 2.28. The molecule has 1 fully saturated rings. The fourth-order valence-corrected chi connectivity index (χ4v) is 3.04. The third kappa shape index (κ3) is 3.54. The second kappa shape index (κ2) is 6.74. The first-order chi connectivity index (χ1) is 10.7. The van der Waals surface area contributed by atoms with Gasteiger partial charge in [-0.2, -0.15) is 0 Å². The summed E-state index contributed by atoms with van der Waals surface area (Å²) in [6.45, 7) is 0.759. The Morgan fingerprint density at radius 2 is 2.41 bits per heavy atom. The van der Waals surface area contributed by atoms with Gasteiger partial charge in [-0.05, 0) is 31.2 Å². The Balaban J connectivity index is 1.55. The van der Waals surface area contributed by atoms with Gasteiger partial charge in [0.1, 0.15) is 5.52 Å². The van der Waals surface area contributed by atoms with Crippen LogP contribution in [0.15, 0.2) is 18.5 Å². The number of aromatic nitrogens is 3. The molecule has 0 aromatic carbocycles. The van der Waals surface area contributed by atoms with Crippen molar-refractivity contribution in [2.75, 3.05) is 19.0 Å². The number of carbonyl (C=O) groups excluding carboxylic acids is 1. The summed E-state index contributed by atoms with van der Waals surface area (Å²) in [4.78, 5) is 23.6. The van der Waals surface area contributed by atoms with Gasteiger partial charge in [0.2, 0.25) is 0 Å². The van der Waals surface area contributed by atoms with E-state index in [1.165, 1.54) is 6.42 Å². The van der Waals surface area contributed by atoms with Gasteiger partial charge in [0.25, 0.3) is 0 Å². The summed E-state index contributed by atoms with van der Waals surface area (Å²) in [5, 5.41) is 5.77. The number of anilines is 1. The zero-order valence-electron chi connectivity index (χ0n) is 12.6. The standard InChI is InChI=1S/C15H21N5O2/c1-22-9-10-3-2-4-11(7-10)18-15(21)20-13-8-17-14-12(19-13)5-6-16-14/h5-6,8,10-11H,2-4,7,9H2,1H3,(H,16,17)(H2,18,19,20,21)/t10-,11-/m1/s1. The lowest BCUT2D eigenvalue weighted by molar-refractivity contribution is 0.122. The quantitative estimate of drug-likeness (QED) is 0.808. The molecular weight excluding hydrogens is 282 g/mol. The van der Waals surface area contributed by atoms with Gasteiger partial charge in [0.05, 0.1) is 6.20 Å². The molecule has 0 aliphatic heterocycles. The van der Waals surface area contributed by atoms with Crippen LogP contribution in [0.25, 0.3) is 11.2 Å². The van der Waals surface area contributed by atoms with Crippen molar-refractivity contribution in [1.29, 1.82) is 0 Å². The lowest BCUT2D eigenvalue weighted by atomic mass is 9.86. The van der Waals surface area contributed by atoms with Crippen molar-refractivity contribution in [3.63, 3.8) is 0 Å². The molecular formula is C15H21N5O2. The van der Waals surface area contributed by atoms with Crippen LogP contribution in [0.3, 0.4) is 0 Å². The number of methoxy groups -OCH3 is 1. The Bertz CT molecular complexity index is 640. The molecule has 1 saturated carbocycles. The fourth-order valence-electron chi connectivity index (χ4n) is 3.04. The Hall–Kier alpha value is -2.15. The highest BCUT2D eigenvalue weighted by Gasteiger charge is 2.23. The highest BCUT2D eigenvalue weighted by molar-refractivity contribution is 5.89. The summed E-state index contributed by atoms with van der Waals surface area (Å²) in [7, 11) is 1.72. The lowest BCUT2D eigenvalue weighted by Crippen LogP contribution is -2.41. The summed E-state index contributed by atoms with van der Waals surface area (Å²) < 4.78 is 5.21. The minimum absolute atomic E-state index is 0.192. The van der Waals surface area contributed by atoms with Gasteiger partial charge in [-0.15, -0.1) is 0 Å². The minimum atomic E-state index is -0.229. The number of nitrogens with one attached hydrogen (secondary N) is 3. The van der Waals surface area contributed by atoms with Crippen molar-refractivity contribution >= 4 is 23.0 Å². The first kappa shape index (κ1) is 14.8. The van der Waals surface area contributed by atoms with E-state index in [1.807, 2.05) is 6.07 Å². The number of urea groups is 1. The van der Waals surface area contributed by atoms with Crippen molar-refractivity contribution in [1.82, 2.24) is 20.3 Å². The third-order valence-electron chi connectivity index (χ3n) is 4.02. The van der Waals surface area contributed by atoms with Gasteiger partial charge in [0.15, 0.2) is 11.5 Å². The largest absolute Gasteiger partial charge is 0.384 e. The molecule has 0 bridgehead atoms. The Morgan fingerprint density at radius 3 is 3.27 bits per heavy atom. The molecule has 118 valence electrons. The molecule has 7 heteroatoms. The van der Waals surface area contributed by atoms with Crippen LogP contribution in [0, 0.1) is 5.92 Å². The highest BCUT2D eigenvalue weighted by Crippen LogP contribution is 2.24. The van der Waals surface area contributed by atoms with Crippen LogP contribution >= 0.6 is 0 Å². The van der Waals surface area contributed by atoms with Crippen LogP contribution in [0.1, 0.15) is 25.7 Å². The molecule has 0 spiro atoms. The molecule has 1 aliphatic rings. The van der Waals surface area contributed by atoms with Crippen molar-refractivity contribution in [3.8, 4) is 0 Å². The van der Waals surface area contributed by atoms with Crippen LogP contribution in [0.5, 0.6) is 0 Å². The van der Waals surface area contributed by atoms with Crippen LogP contribution in [0.2, 0.25) is 0 Å². The molecule has 2 amide bonds. The monoisotopic (exact) mass is 303 g/mol. The molecule has 2 aromatic rings. The number of fused-ring (bicyclic) bond motifs is 1. The lowest BCUT2D eigenvalue weighted by Gasteiger charge is -2.29. The predicted molar refractivity (Wildman–Crippen MR) is 83.7 cm³/mol. The van der Waals surface area contributed by atoms with E-state index >= 15 is 0 Å². The molecule has 0 saturated heterocycles. The average Bonchev–Trinajstić information content (AvgIpc) is 2.95. The Labute approximate surface area is 128 Å². The van der Waals surface area contributed by atoms with Crippen molar-refractivity contribution in [2.45, 2.75) is 31.7 Å². The maximum Gasteiger partial charge on any atom is 0.320 e. The maximum atomic E-state index is 12.1. The van der Waals surface area contributed by atoms with E-state index in [0.717, 1.165) is 31.4 Å². The second-order valence-corrected chi connectivity index (χ2v) is 5.75. The Morgan fingerprint density at radius 1 is 1.50 bits per heavy atom. The van der Waals surface area contributed by atoms with Crippen LogP contribution < -0.4 is 10.6 Å². The van der Waals surface area contributed by atoms with Gasteiger partial charge >= 0.3 is 6.03 Å². The Kier molecular flexibility index (Phi) is 4.53. The molecule has 2 heterocycles. The topological polar surface area (TPSA) is 91.9 Å². The normalized spacial score (nSPS) is 21.7. The number of hydrogen-bond donors (Lipinski definition) is 3. The number of rotatable bonds is 4. The SMILES string of the molecule is COC[C@@H]1CCC[C@@H](NC(=O)Nc2cnc3[nH]ccc3n2)C1. The summed E-state index contributed by atoms with van der Waals surface area (Å²) in [6.07, 6.45) is 7.58. The second-order valence-electron chi connectivity index (χ2n) is 5.75. The molecule has 2 atom stereocenters. The zero-order valence-corrected chi connectivity index (χ0v) is 12.6. The number of carbonyl (C=O) groups is 1. The van der Waals surface area contributed by atoms with Gasteiger partial charge < -0.3 is 15.0 Å². The van der Waals surface area contributed by atoms with E-state index in [9.17, 15) is 4.79 Å². The van der Waals surface area contributed by atoms with Crippen LogP contribution in [0.4, 0.5) is 10.6 Å². The van der Waals surface area contributed by atoms with Gasteiger partial charge in [-0.25, -0.2) is 14.8 Å². The van der Waals surface area contributed by atoms with E-state index in [4.69, 9.17) is 4.74 Å². The molecule has 3 N–H and O–H groups in total. The minimum Gasteiger partial charge on any atom is -0.384 e. The number of H-pyrrole nitrogens is 1. The van der Waals surface area contributed by atoms with E-state index in [-0.39, 0.29) is 12.1 Å². The molecule has 0 unspecified atom stereocenters. The van der Waals surface area contributed by atoms with Crippen LogP contribution in [-0.2, 0) is 4.74 Å². The molecule has 0 radical (unpaired) electrons. The fraction of sp³-hybridized carbons (Fsp3) is 0.533. The number of nitrogens with zero attached hydrogens (tertiary/aromatic N) is 2. The number of hydrogen-bond acceptors (Lipinski definition) is 4. The van der Waals surface area contributed by atoms with E-state index in [0.29, 0.717) is 17.4 Å². The van der Waals surface area contributed by atoms with E-state index in [2.05, 4.69) is 25.6 Å². The first-order valence-electron chi connectivity index (χ1n) is 7.61. The molecule has 2 aromatic heterocycles. The summed E-state index contributed by atoms with van der Waals surface area (Å²) in [5.74, 6) is 0.980. The third-order valence-corrected chi connectivity index (χ3v) is 4.02. The van der Waals surface area contributed by atoms with Gasteiger partial charge in [0, 0.05) is 26.0 Å². The average molecular weight is 303 g/mol. The van der Waals surface area contributed by atoms with E-state index < -0.39 is 0 Å². The van der Waals surface area contributed by atoms with Crippen LogP contribution in [-0.4, -0.2) is 40.7 Å².